The number of amides is 3. The van der Waals surface area contributed by atoms with Crippen LogP contribution in [0.3, 0.4) is 0 Å². The van der Waals surface area contributed by atoms with Crippen molar-refractivity contribution in [1.82, 2.24) is 15.2 Å². The summed E-state index contributed by atoms with van der Waals surface area (Å²) in [6.07, 6.45) is 1.61. The zero-order valence-electron chi connectivity index (χ0n) is 14.3. The van der Waals surface area contributed by atoms with E-state index >= 15 is 0 Å². The van der Waals surface area contributed by atoms with E-state index in [-0.39, 0.29) is 24.7 Å². The molecule has 1 aromatic carbocycles. The number of carbonyl (C=O) groups excluding carboxylic acids is 2. The minimum absolute atomic E-state index is 0.174. The predicted octanol–water partition coefficient (Wildman–Crippen LogP) is 2.89. The van der Waals surface area contributed by atoms with E-state index in [4.69, 9.17) is 0 Å². The van der Waals surface area contributed by atoms with Crippen LogP contribution in [0.2, 0.25) is 0 Å². The van der Waals surface area contributed by atoms with Gasteiger partial charge < -0.3 is 15.5 Å². The highest BCUT2D eigenvalue weighted by atomic mass is 19.1. The van der Waals surface area contributed by atoms with Crippen molar-refractivity contribution in [1.29, 1.82) is 0 Å². The molecule has 0 saturated heterocycles. The van der Waals surface area contributed by atoms with Crippen LogP contribution in [-0.2, 0) is 11.3 Å². The van der Waals surface area contributed by atoms with Crippen molar-refractivity contribution >= 4 is 17.6 Å². The highest BCUT2D eigenvalue weighted by molar-refractivity contribution is 5.95. The molecule has 3 amide bonds. The van der Waals surface area contributed by atoms with Gasteiger partial charge in [-0.3, -0.25) is 9.78 Å². The van der Waals surface area contributed by atoms with Gasteiger partial charge in [-0.1, -0.05) is 6.07 Å². The topological polar surface area (TPSA) is 74.3 Å². The quantitative estimate of drug-likeness (QED) is 0.880. The summed E-state index contributed by atoms with van der Waals surface area (Å²) in [6, 6.07) is 3.84. The first kappa shape index (κ1) is 17.8. The van der Waals surface area contributed by atoms with Crippen molar-refractivity contribution in [2.75, 3.05) is 11.9 Å². The highest BCUT2D eigenvalue weighted by Crippen LogP contribution is 2.24. The number of carbonyl (C=O) groups is 2. The molecule has 136 valence electrons. The van der Waals surface area contributed by atoms with Crippen LogP contribution >= 0.6 is 0 Å². The SMILES string of the molecule is Cc1nccc2c1CN(CC(=O)N[C@@H](C)c1ccc(F)cc1F)C(=O)N2. The number of fused-ring (bicyclic) bond motifs is 1. The lowest BCUT2D eigenvalue weighted by Gasteiger charge is -2.30. The molecule has 2 N–H and O–H groups in total. The Morgan fingerprint density at radius 3 is 2.88 bits per heavy atom. The summed E-state index contributed by atoms with van der Waals surface area (Å²) >= 11 is 0. The molecule has 0 unspecified atom stereocenters. The monoisotopic (exact) mass is 360 g/mol. The molecule has 1 atom stereocenters. The van der Waals surface area contributed by atoms with Crippen LogP contribution < -0.4 is 10.6 Å². The van der Waals surface area contributed by atoms with E-state index < -0.39 is 23.6 Å². The highest BCUT2D eigenvalue weighted by Gasteiger charge is 2.26. The third-order valence-corrected chi connectivity index (χ3v) is 4.29. The molecular formula is C18H18F2N4O2. The summed E-state index contributed by atoms with van der Waals surface area (Å²) in [6.45, 7) is 3.49. The van der Waals surface area contributed by atoms with Crippen LogP contribution in [0.1, 0.15) is 29.8 Å². The molecule has 3 rings (SSSR count). The lowest BCUT2D eigenvalue weighted by molar-refractivity contribution is -0.122. The lowest BCUT2D eigenvalue weighted by atomic mass is 10.1. The van der Waals surface area contributed by atoms with E-state index in [2.05, 4.69) is 15.6 Å². The zero-order chi connectivity index (χ0) is 18.8. The van der Waals surface area contributed by atoms with E-state index in [1.54, 1.807) is 19.2 Å². The number of aromatic nitrogens is 1. The summed E-state index contributed by atoms with van der Waals surface area (Å²) in [5.41, 5.74) is 2.47. The summed E-state index contributed by atoms with van der Waals surface area (Å²) in [5.74, 6) is -1.86. The molecule has 26 heavy (non-hydrogen) atoms. The van der Waals surface area contributed by atoms with Gasteiger partial charge in [-0.15, -0.1) is 0 Å². The van der Waals surface area contributed by atoms with Gasteiger partial charge in [0.2, 0.25) is 5.91 Å². The second-order valence-corrected chi connectivity index (χ2v) is 6.16. The average Bonchev–Trinajstić information content (AvgIpc) is 2.56. The number of nitrogens with one attached hydrogen (secondary N) is 2. The minimum atomic E-state index is -0.732. The molecular weight excluding hydrogens is 342 g/mol. The Bertz CT molecular complexity index is 872. The van der Waals surface area contributed by atoms with Gasteiger partial charge in [0.15, 0.2) is 0 Å². The van der Waals surface area contributed by atoms with E-state index in [0.29, 0.717) is 5.69 Å². The van der Waals surface area contributed by atoms with E-state index in [1.807, 2.05) is 6.92 Å². The Morgan fingerprint density at radius 1 is 1.38 bits per heavy atom. The fourth-order valence-electron chi connectivity index (χ4n) is 2.89. The Morgan fingerprint density at radius 2 is 2.15 bits per heavy atom. The van der Waals surface area contributed by atoms with Crippen LogP contribution in [0.15, 0.2) is 30.5 Å². The normalized spacial score (nSPS) is 14.5. The van der Waals surface area contributed by atoms with Gasteiger partial charge in [0.25, 0.3) is 0 Å². The molecule has 2 heterocycles. The molecule has 8 heteroatoms. The van der Waals surface area contributed by atoms with E-state index in [9.17, 15) is 18.4 Å². The fourth-order valence-corrected chi connectivity index (χ4v) is 2.89. The van der Waals surface area contributed by atoms with Gasteiger partial charge >= 0.3 is 6.03 Å². The number of hydrogen-bond acceptors (Lipinski definition) is 3. The fraction of sp³-hybridized carbons (Fsp3) is 0.278. The van der Waals surface area contributed by atoms with E-state index in [0.717, 1.165) is 23.4 Å². The Balaban J connectivity index is 1.66. The number of aryl methyl sites for hydroxylation is 1. The van der Waals surface area contributed by atoms with Crippen molar-refractivity contribution in [2.24, 2.45) is 0 Å². The van der Waals surface area contributed by atoms with E-state index in [1.165, 1.54) is 11.0 Å². The molecule has 6 nitrogen and oxygen atoms in total. The molecule has 1 aromatic heterocycles. The smallest absolute Gasteiger partial charge is 0.322 e. The number of rotatable bonds is 4. The van der Waals surface area contributed by atoms with Crippen molar-refractivity contribution in [3.05, 3.63) is 58.9 Å². The third kappa shape index (κ3) is 3.63. The maximum atomic E-state index is 13.8. The van der Waals surface area contributed by atoms with Crippen molar-refractivity contribution in [3.8, 4) is 0 Å². The standard InChI is InChI=1S/C18H18F2N4O2/c1-10-14-8-24(18(26)23-16(14)5-6-21-10)9-17(25)22-11(2)13-4-3-12(19)7-15(13)20/h3-7,11H,8-9H2,1-2H3,(H,22,25)(H,23,26)/t11-/m0/s1. The molecule has 1 aliphatic heterocycles. The van der Waals surface area contributed by atoms with Gasteiger partial charge in [-0.25, -0.2) is 13.6 Å². The number of urea groups is 1. The largest absolute Gasteiger partial charge is 0.348 e. The lowest BCUT2D eigenvalue weighted by Crippen LogP contribution is -2.45. The number of benzene rings is 1. The van der Waals surface area contributed by atoms with Crippen molar-refractivity contribution in [3.63, 3.8) is 0 Å². The second kappa shape index (κ2) is 7.07. The summed E-state index contributed by atoms with van der Waals surface area (Å²) in [5, 5.41) is 5.35. The molecule has 0 saturated carbocycles. The molecule has 2 aromatic rings. The maximum Gasteiger partial charge on any atom is 0.322 e. The molecule has 0 fully saturated rings. The van der Waals surface area contributed by atoms with Crippen LogP contribution in [0, 0.1) is 18.6 Å². The maximum absolute atomic E-state index is 13.8. The number of hydrogen-bond donors (Lipinski definition) is 2. The zero-order valence-corrected chi connectivity index (χ0v) is 14.3. The molecule has 0 spiro atoms. The van der Waals surface area contributed by atoms with Crippen molar-refractivity contribution < 1.29 is 18.4 Å². The Labute approximate surface area is 149 Å². The average molecular weight is 360 g/mol. The molecule has 0 radical (unpaired) electrons. The minimum Gasteiger partial charge on any atom is -0.348 e. The number of pyridine rings is 1. The third-order valence-electron chi connectivity index (χ3n) is 4.29. The van der Waals surface area contributed by atoms with Gasteiger partial charge in [-0.05, 0) is 26.0 Å². The first-order chi connectivity index (χ1) is 12.3. The predicted molar refractivity (Wildman–Crippen MR) is 91.3 cm³/mol. The number of halogens is 2. The van der Waals surface area contributed by atoms with Gasteiger partial charge in [0.1, 0.15) is 18.2 Å². The summed E-state index contributed by atoms with van der Waals surface area (Å²) in [7, 11) is 0. The molecule has 1 aliphatic rings. The van der Waals surface area contributed by atoms with Crippen LogP contribution in [0.5, 0.6) is 0 Å². The molecule has 0 bridgehead atoms. The van der Waals surface area contributed by atoms with Crippen molar-refractivity contribution in [2.45, 2.75) is 26.4 Å². The van der Waals surface area contributed by atoms with Gasteiger partial charge in [0, 0.05) is 29.1 Å². The number of nitrogens with zero attached hydrogens (tertiary/aromatic N) is 2. The van der Waals surface area contributed by atoms with Crippen LogP contribution in [0.25, 0.3) is 0 Å². The Hall–Kier alpha value is -3.03. The summed E-state index contributed by atoms with van der Waals surface area (Å²) < 4.78 is 26.8. The van der Waals surface area contributed by atoms with Crippen LogP contribution in [0.4, 0.5) is 19.3 Å². The Kier molecular flexibility index (Phi) is 4.83. The van der Waals surface area contributed by atoms with Gasteiger partial charge in [0.05, 0.1) is 18.3 Å². The molecule has 0 aliphatic carbocycles. The number of anilines is 1. The first-order valence-electron chi connectivity index (χ1n) is 8.10. The van der Waals surface area contributed by atoms with Gasteiger partial charge in [-0.2, -0.15) is 0 Å². The first-order valence-corrected chi connectivity index (χ1v) is 8.10. The van der Waals surface area contributed by atoms with Crippen LogP contribution in [-0.4, -0.2) is 28.4 Å². The summed E-state index contributed by atoms with van der Waals surface area (Å²) in [4.78, 5) is 30.0. The second-order valence-electron chi connectivity index (χ2n) is 6.16.